The molecule has 1 aromatic carbocycles. The largest absolute Gasteiger partial charge is 0.235 e. The number of aromatic nitrogens is 4. The predicted octanol–water partition coefficient (Wildman–Crippen LogP) is 4.34. The first-order valence-electron chi connectivity index (χ1n) is 5.83. The van der Waals surface area contributed by atoms with E-state index in [2.05, 4.69) is 37.3 Å². The molecule has 0 amide bonds. The molecule has 0 aliphatic rings. The summed E-state index contributed by atoms with van der Waals surface area (Å²) in [5, 5.41) is 16.0. The van der Waals surface area contributed by atoms with E-state index >= 15 is 0 Å². The second-order valence-corrected chi connectivity index (χ2v) is 6.93. The lowest BCUT2D eigenvalue weighted by atomic mass is 10.2. The van der Waals surface area contributed by atoms with Crippen molar-refractivity contribution in [3.05, 3.63) is 46.3 Å². The Labute approximate surface area is 130 Å². The number of thiophene rings is 1. The third kappa shape index (κ3) is 1.98. The Balaban J connectivity index is 1.88. The molecule has 0 saturated heterocycles. The van der Waals surface area contributed by atoms with Crippen molar-refractivity contribution in [1.29, 1.82) is 0 Å². The number of rotatable bonds is 2. The Morgan fingerprint density at radius 2 is 2.05 bits per heavy atom. The van der Waals surface area contributed by atoms with Crippen molar-refractivity contribution in [2.24, 2.45) is 0 Å². The van der Waals surface area contributed by atoms with Crippen molar-refractivity contribution in [1.82, 2.24) is 19.8 Å². The molecule has 0 atom stereocenters. The van der Waals surface area contributed by atoms with E-state index in [1.807, 2.05) is 40.2 Å². The molecule has 0 unspecified atom stereocenters. The van der Waals surface area contributed by atoms with E-state index in [0.29, 0.717) is 0 Å². The van der Waals surface area contributed by atoms with Crippen LogP contribution in [0.5, 0.6) is 0 Å². The van der Waals surface area contributed by atoms with Crippen LogP contribution in [0, 0.1) is 0 Å². The highest BCUT2D eigenvalue weighted by Gasteiger charge is 2.14. The van der Waals surface area contributed by atoms with Crippen molar-refractivity contribution in [3.63, 3.8) is 0 Å². The first-order chi connectivity index (χ1) is 9.81. The number of hydrogen-bond acceptors (Lipinski definition) is 5. The molecule has 4 nitrogen and oxygen atoms in total. The van der Waals surface area contributed by atoms with Crippen LogP contribution in [0.25, 0.3) is 26.2 Å². The normalized spacial score (nSPS) is 11.2. The number of nitrogens with zero attached hydrogens (tertiary/aromatic N) is 4. The molecule has 0 saturated carbocycles. The van der Waals surface area contributed by atoms with Crippen LogP contribution < -0.4 is 0 Å². The van der Waals surface area contributed by atoms with Gasteiger partial charge in [0.25, 0.3) is 0 Å². The summed E-state index contributed by atoms with van der Waals surface area (Å²) in [6.07, 6.45) is 0. The Morgan fingerprint density at radius 1 is 1.10 bits per heavy atom. The van der Waals surface area contributed by atoms with Gasteiger partial charge in [-0.05, 0) is 23.6 Å². The highest BCUT2D eigenvalue weighted by Crippen LogP contribution is 2.30. The van der Waals surface area contributed by atoms with E-state index in [1.165, 1.54) is 11.3 Å². The SMILES string of the molecule is Brc1cccc(-c2nn3c(-c4cccs4)nnc3s2)c1. The van der Waals surface area contributed by atoms with E-state index in [9.17, 15) is 0 Å². The highest BCUT2D eigenvalue weighted by atomic mass is 79.9. The van der Waals surface area contributed by atoms with Crippen LogP contribution in [-0.4, -0.2) is 19.8 Å². The van der Waals surface area contributed by atoms with Crippen LogP contribution in [0.15, 0.2) is 46.3 Å². The Bertz CT molecular complexity index is 879. The van der Waals surface area contributed by atoms with Gasteiger partial charge in [0, 0.05) is 10.0 Å². The summed E-state index contributed by atoms with van der Waals surface area (Å²) in [7, 11) is 0. The number of benzene rings is 1. The van der Waals surface area contributed by atoms with Crippen molar-refractivity contribution >= 4 is 43.6 Å². The highest BCUT2D eigenvalue weighted by molar-refractivity contribution is 9.10. The van der Waals surface area contributed by atoms with E-state index in [4.69, 9.17) is 0 Å². The zero-order chi connectivity index (χ0) is 13.5. The molecule has 3 heterocycles. The van der Waals surface area contributed by atoms with Gasteiger partial charge in [-0.25, -0.2) is 0 Å². The lowest BCUT2D eigenvalue weighted by molar-refractivity contribution is 0.974. The quantitative estimate of drug-likeness (QED) is 0.532. The van der Waals surface area contributed by atoms with Gasteiger partial charge in [0.15, 0.2) is 5.82 Å². The molecule has 0 fully saturated rings. The second-order valence-electron chi connectivity index (χ2n) is 4.11. The van der Waals surface area contributed by atoms with Gasteiger partial charge in [0.2, 0.25) is 4.96 Å². The minimum absolute atomic E-state index is 0.799. The molecule has 20 heavy (non-hydrogen) atoms. The molecular weight excluding hydrogens is 356 g/mol. The van der Waals surface area contributed by atoms with E-state index in [-0.39, 0.29) is 0 Å². The summed E-state index contributed by atoms with van der Waals surface area (Å²) in [5.74, 6) is 0.799. The van der Waals surface area contributed by atoms with Crippen LogP contribution in [0.1, 0.15) is 0 Å². The van der Waals surface area contributed by atoms with Crippen LogP contribution in [-0.2, 0) is 0 Å². The molecule has 3 aromatic heterocycles. The van der Waals surface area contributed by atoms with Gasteiger partial charge in [-0.3, -0.25) is 0 Å². The van der Waals surface area contributed by atoms with Crippen LogP contribution in [0.3, 0.4) is 0 Å². The smallest absolute Gasteiger partial charge is 0.181 e. The predicted molar refractivity (Wildman–Crippen MR) is 85.1 cm³/mol. The summed E-state index contributed by atoms with van der Waals surface area (Å²) in [5.41, 5.74) is 1.08. The molecule has 4 rings (SSSR count). The fourth-order valence-corrected chi connectivity index (χ4v) is 3.84. The molecule has 98 valence electrons. The summed E-state index contributed by atoms with van der Waals surface area (Å²) >= 11 is 6.66. The first-order valence-corrected chi connectivity index (χ1v) is 8.32. The maximum Gasteiger partial charge on any atom is 0.235 e. The third-order valence-electron chi connectivity index (χ3n) is 2.80. The van der Waals surface area contributed by atoms with Crippen molar-refractivity contribution in [3.8, 4) is 21.3 Å². The molecule has 0 aliphatic heterocycles. The summed E-state index contributed by atoms with van der Waals surface area (Å²) in [6, 6.07) is 12.1. The molecule has 4 aromatic rings. The minimum atomic E-state index is 0.799. The summed E-state index contributed by atoms with van der Waals surface area (Å²) < 4.78 is 2.85. The summed E-state index contributed by atoms with van der Waals surface area (Å²) in [6.45, 7) is 0. The lowest BCUT2D eigenvalue weighted by Gasteiger charge is -1.95. The Kier molecular flexibility index (Phi) is 2.90. The molecule has 0 spiro atoms. The Morgan fingerprint density at radius 3 is 2.85 bits per heavy atom. The average molecular weight is 363 g/mol. The molecule has 0 radical (unpaired) electrons. The maximum absolute atomic E-state index is 4.64. The van der Waals surface area contributed by atoms with Gasteiger partial charge in [0.1, 0.15) is 5.01 Å². The second kappa shape index (κ2) is 4.76. The van der Waals surface area contributed by atoms with Gasteiger partial charge < -0.3 is 0 Å². The van der Waals surface area contributed by atoms with E-state index in [0.717, 1.165) is 30.7 Å². The van der Waals surface area contributed by atoms with Crippen LogP contribution in [0.4, 0.5) is 0 Å². The van der Waals surface area contributed by atoms with Crippen molar-refractivity contribution in [2.45, 2.75) is 0 Å². The number of fused-ring (bicyclic) bond motifs is 1. The standard InChI is InChI=1S/C13H7BrN4S2/c14-9-4-1-3-8(7-9)12-17-18-11(10-5-2-6-19-10)15-16-13(18)20-12/h1-7H. The topological polar surface area (TPSA) is 43.1 Å². The van der Waals surface area contributed by atoms with Gasteiger partial charge in [-0.15, -0.1) is 21.5 Å². The van der Waals surface area contributed by atoms with E-state index in [1.54, 1.807) is 11.3 Å². The average Bonchev–Trinajstić information content (AvgIpc) is 3.14. The van der Waals surface area contributed by atoms with Gasteiger partial charge in [-0.1, -0.05) is 45.5 Å². The molecule has 0 aliphatic carbocycles. The third-order valence-corrected chi connectivity index (χ3v) is 5.11. The van der Waals surface area contributed by atoms with Crippen LogP contribution >= 0.6 is 38.6 Å². The zero-order valence-electron chi connectivity index (χ0n) is 10.0. The van der Waals surface area contributed by atoms with Crippen molar-refractivity contribution in [2.75, 3.05) is 0 Å². The fourth-order valence-electron chi connectivity index (χ4n) is 1.91. The lowest BCUT2D eigenvalue weighted by Crippen LogP contribution is -1.88. The number of halogens is 1. The Hall–Kier alpha value is -1.57. The zero-order valence-corrected chi connectivity index (χ0v) is 13.2. The van der Waals surface area contributed by atoms with Crippen molar-refractivity contribution < 1.29 is 0 Å². The van der Waals surface area contributed by atoms with Gasteiger partial charge in [0.05, 0.1) is 4.88 Å². The summed E-state index contributed by atoms with van der Waals surface area (Å²) in [4.78, 5) is 1.88. The molecule has 0 N–H and O–H groups in total. The first kappa shape index (κ1) is 12.2. The molecular formula is C13H7BrN4S2. The van der Waals surface area contributed by atoms with Gasteiger partial charge >= 0.3 is 0 Å². The minimum Gasteiger partial charge on any atom is -0.181 e. The van der Waals surface area contributed by atoms with E-state index < -0.39 is 0 Å². The molecule has 0 bridgehead atoms. The molecule has 7 heteroatoms. The van der Waals surface area contributed by atoms with Crippen LogP contribution in [0.2, 0.25) is 0 Å². The maximum atomic E-state index is 4.64. The number of hydrogen-bond donors (Lipinski definition) is 0. The monoisotopic (exact) mass is 362 g/mol. The fraction of sp³-hybridized carbons (Fsp3) is 0. The van der Waals surface area contributed by atoms with Gasteiger partial charge in [-0.2, -0.15) is 9.61 Å².